The molecule has 0 fully saturated rings. The van der Waals surface area contributed by atoms with Crippen molar-refractivity contribution in [3.63, 3.8) is 0 Å². The molecule has 0 saturated heterocycles. The van der Waals surface area contributed by atoms with E-state index in [4.69, 9.17) is 25.8 Å². The first-order chi connectivity index (χ1) is 14.2. The van der Waals surface area contributed by atoms with Crippen LogP contribution in [0.15, 0.2) is 66.7 Å². The van der Waals surface area contributed by atoms with E-state index in [1.165, 1.54) is 5.56 Å². The summed E-state index contributed by atoms with van der Waals surface area (Å²) in [5.41, 5.74) is 3.29. The molecule has 0 saturated carbocycles. The lowest BCUT2D eigenvalue weighted by molar-refractivity contribution is 0.302. The molecular formula is C24H26ClNO3. The zero-order valence-corrected chi connectivity index (χ0v) is 17.5. The molecule has 29 heavy (non-hydrogen) atoms. The van der Waals surface area contributed by atoms with E-state index in [1.54, 1.807) is 14.2 Å². The van der Waals surface area contributed by atoms with Crippen molar-refractivity contribution in [1.82, 2.24) is 5.32 Å². The van der Waals surface area contributed by atoms with E-state index in [2.05, 4.69) is 17.4 Å². The predicted octanol–water partition coefficient (Wildman–Crippen LogP) is 5.27. The molecule has 5 heteroatoms. The third kappa shape index (κ3) is 5.89. The Balaban J connectivity index is 1.53. The van der Waals surface area contributed by atoms with Crippen molar-refractivity contribution < 1.29 is 14.2 Å². The number of para-hydroxylation sites is 1. The van der Waals surface area contributed by atoms with E-state index >= 15 is 0 Å². The molecule has 3 aromatic carbocycles. The van der Waals surface area contributed by atoms with Crippen LogP contribution in [0.25, 0.3) is 0 Å². The van der Waals surface area contributed by atoms with Crippen molar-refractivity contribution in [1.29, 1.82) is 0 Å². The molecule has 0 radical (unpaired) electrons. The maximum Gasteiger partial charge on any atom is 0.160 e. The summed E-state index contributed by atoms with van der Waals surface area (Å²) in [6, 6.07) is 21.8. The lowest BCUT2D eigenvalue weighted by atomic mass is 10.1. The molecular weight excluding hydrogens is 386 g/mol. The van der Waals surface area contributed by atoms with Crippen LogP contribution in [-0.4, -0.2) is 20.8 Å². The second kappa shape index (κ2) is 10.7. The molecule has 3 aromatic rings. The van der Waals surface area contributed by atoms with Crippen LogP contribution in [0, 0.1) is 0 Å². The molecule has 152 valence electrons. The van der Waals surface area contributed by atoms with Crippen LogP contribution in [0.1, 0.15) is 16.7 Å². The molecule has 3 rings (SSSR count). The van der Waals surface area contributed by atoms with Crippen LogP contribution in [-0.2, 0) is 19.6 Å². The Morgan fingerprint density at radius 2 is 1.52 bits per heavy atom. The van der Waals surface area contributed by atoms with Gasteiger partial charge in [0.2, 0.25) is 0 Å². The average molecular weight is 412 g/mol. The Labute approximate surface area is 177 Å². The molecule has 0 aliphatic carbocycles. The molecule has 0 amide bonds. The van der Waals surface area contributed by atoms with Gasteiger partial charge in [0.1, 0.15) is 12.4 Å². The largest absolute Gasteiger partial charge is 0.493 e. The average Bonchev–Trinajstić information content (AvgIpc) is 2.76. The first kappa shape index (κ1) is 21.0. The van der Waals surface area contributed by atoms with Crippen molar-refractivity contribution in [3.8, 4) is 17.2 Å². The highest BCUT2D eigenvalue weighted by Crippen LogP contribution is 2.27. The molecule has 4 nitrogen and oxygen atoms in total. The summed E-state index contributed by atoms with van der Waals surface area (Å²) in [5.74, 6) is 2.36. The number of halogens is 1. The summed E-state index contributed by atoms with van der Waals surface area (Å²) >= 11 is 6.22. The summed E-state index contributed by atoms with van der Waals surface area (Å²) in [5, 5.41) is 4.21. The smallest absolute Gasteiger partial charge is 0.160 e. The van der Waals surface area contributed by atoms with Gasteiger partial charge in [0.25, 0.3) is 0 Å². The van der Waals surface area contributed by atoms with Gasteiger partial charge >= 0.3 is 0 Å². The Morgan fingerprint density at radius 1 is 0.793 bits per heavy atom. The second-order valence-corrected chi connectivity index (χ2v) is 7.01. The normalized spacial score (nSPS) is 10.6. The van der Waals surface area contributed by atoms with Crippen LogP contribution >= 0.6 is 11.6 Å². The fraction of sp³-hybridized carbons (Fsp3) is 0.250. The van der Waals surface area contributed by atoms with Crippen LogP contribution in [0.2, 0.25) is 5.02 Å². The maximum absolute atomic E-state index is 6.22. The topological polar surface area (TPSA) is 39.7 Å². The monoisotopic (exact) mass is 411 g/mol. The first-order valence-corrected chi connectivity index (χ1v) is 9.94. The number of methoxy groups -OCH3 is 2. The van der Waals surface area contributed by atoms with E-state index in [0.717, 1.165) is 52.9 Å². The highest BCUT2D eigenvalue weighted by molar-refractivity contribution is 6.31. The summed E-state index contributed by atoms with van der Waals surface area (Å²) in [7, 11) is 3.30. The molecule has 0 bridgehead atoms. The Hall–Kier alpha value is -2.69. The van der Waals surface area contributed by atoms with Crippen LogP contribution in [0.5, 0.6) is 17.2 Å². The van der Waals surface area contributed by atoms with Crippen molar-refractivity contribution in [3.05, 3.63) is 88.4 Å². The summed E-state index contributed by atoms with van der Waals surface area (Å²) in [6.45, 7) is 2.02. The molecule has 0 aliphatic rings. The zero-order chi connectivity index (χ0) is 20.5. The SMILES string of the molecule is COc1ccc(CCNCc2ccccc2OCc2ccccc2Cl)cc1OC. The number of ether oxygens (including phenoxy) is 3. The van der Waals surface area contributed by atoms with Gasteiger partial charge in [0, 0.05) is 22.7 Å². The molecule has 0 unspecified atom stereocenters. The number of hydrogen-bond acceptors (Lipinski definition) is 4. The highest BCUT2D eigenvalue weighted by Gasteiger charge is 2.07. The van der Waals surface area contributed by atoms with Crippen LogP contribution in [0.3, 0.4) is 0 Å². The fourth-order valence-corrected chi connectivity index (χ4v) is 3.24. The minimum absolute atomic E-state index is 0.447. The summed E-state index contributed by atoms with van der Waals surface area (Å²) in [6.07, 6.45) is 0.892. The predicted molar refractivity (Wildman–Crippen MR) is 117 cm³/mol. The third-order valence-corrected chi connectivity index (χ3v) is 5.04. The van der Waals surface area contributed by atoms with E-state index in [1.807, 2.05) is 54.6 Å². The number of nitrogens with one attached hydrogen (secondary N) is 1. The van der Waals surface area contributed by atoms with Gasteiger partial charge in [-0.2, -0.15) is 0 Å². The van der Waals surface area contributed by atoms with Crippen molar-refractivity contribution in [2.24, 2.45) is 0 Å². The summed E-state index contributed by atoms with van der Waals surface area (Å²) in [4.78, 5) is 0. The Bertz CT molecular complexity index is 930. The maximum atomic E-state index is 6.22. The van der Waals surface area contributed by atoms with Gasteiger partial charge in [-0.1, -0.05) is 54.1 Å². The van der Waals surface area contributed by atoms with Gasteiger partial charge in [-0.15, -0.1) is 0 Å². The van der Waals surface area contributed by atoms with E-state index in [-0.39, 0.29) is 0 Å². The molecule has 0 heterocycles. The second-order valence-electron chi connectivity index (χ2n) is 6.60. The third-order valence-electron chi connectivity index (χ3n) is 4.67. The van der Waals surface area contributed by atoms with Gasteiger partial charge in [0.15, 0.2) is 11.5 Å². The van der Waals surface area contributed by atoms with Gasteiger partial charge in [-0.05, 0) is 42.8 Å². The van der Waals surface area contributed by atoms with E-state index in [9.17, 15) is 0 Å². The number of hydrogen-bond donors (Lipinski definition) is 1. The quantitative estimate of drug-likeness (QED) is 0.461. The van der Waals surface area contributed by atoms with E-state index < -0.39 is 0 Å². The van der Waals surface area contributed by atoms with Crippen molar-refractivity contribution in [2.75, 3.05) is 20.8 Å². The van der Waals surface area contributed by atoms with Gasteiger partial charge < -0.3 is 19.5 Å². The molecule has 1 N–H and O–H groups in total. The highest BCUT2D eigenvalue weighted by atomic mass is 35.5. The number of rotatable bonds is 10. The Morgan fingerprint density at radius 3 is 2.28 bits per heavy atom. The minimum atomic E-state index is 0.447. The first-order valence-electron chi connectivity index (χ1n) is 9.57. The standard InChI is InChI=1S/C24H26ClNO3/c1-27-23-12-11-18(15-24(23)28-2)13-14-26-16-19-7-4-6-10-22(19)29-17-20-8-3-5-9-21(20)25/h3-12,15,26H,13-14,16-17H2,1-2H3. The van der Waals surface area contributed by atoms with E-state index in [0.29, 0.717) is 6.61 Å². The molecule has 0 aromatic heterocycles. The Kier molecular flexibility index (Phi) is 7.79. The minimum Gasteiger partial charge on any atom is -0.493 e. The van der Waals surface area contributed by atoms with Gasteiger partial charge in [-0.25, -0.2) is 0 Å². The van der Waals surface area contributed by atoms with Gasteiger partial charge in [-0.3, -0.25) is 0 Å². The lowest BCUT2D eigenvalue weighted by Crippen LogP contribution is -2.17. The molecule has 0 atom stereocenters. The molecule has 0 aliphatic heterocycles. The molecule has 0 spiro atoms. The lowest BCUT2D eigenvalue weighted by Gasteiger charge is -2.13. The van der Waals surface area contributed by atoms with Crippen molar-refractivity contribution >= 4 is 11.6 Å². The number of benzene rings is 3. The van der Waals surface area contributed by atoms with Crippen LogP contribution in [0.4, 0.5) is 0 Å². The zero-order valence-electron chi connectivity index (χ0n) is 16.8. The van der Waals surface area contributed by atoms with Crippen LogP contribution < -0.4 is 19.5 Å². The van der Waals surface area contributed by atoms with Crippen molar-refractivity contribution in [2.45, 2.75) is 19.6 Å². The fourth-order valence-electron chi connectivity index (χ4n) is 3.05. The van der Waals surface area contributed by atoms with Gasteiger partial charge in [0.05, 0.1) is 14.2 Å². The summed E-state index contributed by atoms with van der Waals surface area (Å²) < 4.78 is 16.7.